The minimum Gasteiger partial charge on any atom is -0.319 e. The van der Waals surface area contributed by atoms with Gasteiger partial charge in [0.1, 0.15) is 11.6 Å². The van der Waals surface area contributed by atoms with Gasteiger partial charge in [0, 0.05) is 6.07 Å². The van der Waals surface area contributed by atoms with Crippen LogP contribution in [0.4, 0.5) is 17.6 Å². The maximum Gasteiger partial charge on any atom is 0.257 e. The van der Waals surface area contributed by atoms with E-state index in [1.54, 1.807) is 0 Å². The summed E-state index contributed by atoms with van der Waals surface area (Å²) in [7, 11) is 0. The van der Waals surface area contributed by atoms with Crippen LogP contribution in [-0.4, -0.2) is 6.43 Å². The minimum absolute atomic E-state index is 0.243. The topological polar surface area (TPSA) is 26.0 Å². The molecule has 5 heteroatoms. The van der Waals surface area contributed by atoms with Crippen LogP contribution in [0.15, 0.2) is 18.2 Å². The van der Waals surface area contributed by atoms with E-state index < -0.39 is 24.1 Å². The Kier molecular flexibility index (Phi) is 2.87. The van der Waals surface area contributed by atoms with Crippen LogP contribution in [0.2, 0.25) is 0 Å². The number of halogens is 4. The van der Waals surface area contributed by atoms with Crippen molar-refractivity contribution in [3.05, 3.63) is 35.4 Å². The molecular formula is C8H7F4N. The van der Waals surface area contributed by atoms with Gasteiger partial charge in [0.25, 0.3) is 6.43 Å². The maximum atomic E-state index is 12.5. The summed E-state index contributed by atoms with van der Waals surface area (Å²) in [6.45, 7) is 0. The van der Waals surface area contributed by atoms with E-state index >= 15 is 0 Å². The molecule has 0 aliphatic carbocycles. The third-order valence-electron chi connectivity index (χ3n) is 1.54. The van der Waals surface area contributed by atoms with Gasteiger partial charge in [-0.2, -0.15) is 0 Å². The van der Waals surface area contributed by atoms with E-state index in [4.69, 9.17) is 5.73 Å². The molecule has 1 aromatic carbocycles. The SMILES string of the molecule is N[C@H](c1cc(F)cc(F)c1)C(F)F. The van der Waals surface area contributed by atoms with E-state index in [0.29, 0.717) is 6.07 Å². The van der Waals surface area contributed by atoms with Crippen LogP contribution in [0, 0.1) is 11.6 Å². The van der Waals surface area contributed by atoms with Gasteiger partial charge in [-0.3, -0.25) is 0 Å². The van der Waals surface area contributed by atoms with Crippen LogP contribution >= 0.6 is 0 Å². The van der Waals surface area contributed by atoms with Gasteiger partial charge < -0.3 is 5.73 Å². The number of hydrogen-bond acceptors (Lipinski definition) is 1. The Bertz CT molecular complexity index is 280. The fourth-order valence-electron chi connectivity index (χ4n) is 0.913. The Labute approximate surface area is 72.2 Å². The van der Waals surface area contributed by atoms with Gasteiger partial charge in [0.05, 0.1) is 6.04 Å². The first-order valence-electron chi connectivity index (χ1n) is 3.50. The largest absolute Gasteiger partial charge is 0.319 e. The van der Waals surface area contributed by atoms with Crippen molar-refractivity contribution in [2.24, 2.45) is 5.73 Å². The molecule has 1 aromatic rings. The van der Waals surface area contributed by atoms with Crippen molar-refractivity contribution in [3.8, 4) is 0 Å². The first-order chi connectivity index (χ1) is 6.00. The molecule has 0 radical (unpaired) electrons. The molecule has 0 saturated carbocycles. The van der Waals surface area contributed by atoms with Crippen LogP contribution in [0.5, 0.6) is 0 Å². The summed E-state index contributed by atoms with van der Waals surface area (Å²) < 4.78 is 49.0. The molecular weight excluding hydrogens is 186 g/mol. The van der Waals surface area contributed by atoms with Crippen molar-refractivity contribution in [3.63, 3.8) is 0 Å². The minimum atomic E-state index is -2.83. The van der Waals surface area contributed by atoms with Crippen LogP contribution in [-0.2, 0) is 0 Å². The molecule has 1 rings (SSSR count). The molecule has 13 heavy (non-hydrogen) atoms. The smallest absolute Gasteiger partial charge is 0.257 e. The highest BCUT2D eigenvalue weighted by Gasteiger charge is 2.18. The fraction of sp³-hybridized carbons (Fsp3) is 0.250. The van der Waals surface area contributed by atoms with Crippen molar-refractivity contribution >= 4 is 0 Å². The van der Waals surface area contributed by atoms with Gasteiger partial charge in [0.15, 0.2) is 0 Å². The molecule has 0 spiro atoms. The highest BCUT2D eigenvalue weighted by Crippen LogP contribution is 2.19. The van der Waals surface area contributed by atoms with E-state index in [9.17, 15) is 17.6 Å². The Hall–Kier alpha value is -1.10. The van der Waals surface area contributed by atoms with E-state index in [1.165, 1.54) is 0 Å². The predicted molar refractivity (Wildman–Crippen MR) is 39.3 cm³/mol. The molecule has 1 atom stereocenters. The summed E-state index contributed by atoms with van der Waals surface area (Å²) >= 11 is 0. The van der Waals surface area contributed by atoms with Crippen molar-refractivity contribution in [2.45, 2.75) is 12.5 Å². The summed E-state index contributed by atoms with van der Waals surface area (Å²) in [6.07, 6.45) is -2.83. The van der Waals surface area contributed by atoms with E-state index in [-0.39, 0.29) is 5.56 Å². The van der Waals surface area contributed by atoms with E-state index in [1.807, 2.05) is 0 Å². The Balaban J connectivity index is 3.01. The monoisotopic (exact) mass is 193 g/mol. The van der Waals surface area contributed by atoms with Gasteiger partial charge in [-0.15, -0.1) is 0 Å². The molecule has 0 saturated heterocycles. The van der Waals surface area contributed by atoms with Gasteiger partial charge in [-0.25, -0.2) is 17.6 Å². The van der Waals surface area contributed by atoms with Crippen molar-refractivity contribution in [1.82, 2.24) is 0 Å². The molecule has 0 bridgehead atoms. The molecule has 0 heterocycles. The summed E-state index contributed by atoms with van der Waals surface area (Å²) in [5.74, 6) is -1.82. The van der Waals surface area contributed by atoms with Gasteiger partial charge >= 0.3 is 0 Å². The van der Waals surface area contributed by atoms with Crippen molar-refractivity contribution in [1.29, 1.82) is 0 Å². The second-order valence-corrected chi connectivity index (χ2v) is 2.56. The quantitative estimate of drug-likeness (QED) is 0.716. The molecule has 1 nitrogen and oxygen atoms in total. The average molecular weight is 193 g/mol. The molecule has 0 unspecified atom stereocenters. The van der Waals surface area contributed by atoms with Gasteiger partial charge in [0.2, 0.25) is 0 Å². The molecule has 0 aliphatic rings. The van der Waals surface area contributed by atoms with E-state index in [2.05, 4.69) is 0 Å². The van der Waals surface area contributed by atoms with Crippen LogP contribution < -0.4 is 5.73 Å². The fourth-order valence-corrected chi connectivity index (χ4v) is 0.913. The highest BCUT2D eigenvalue weighted by molar-refractivity contribution is 5.21. The second kappa shape index (κ2) is 3.74. The normalized spacial score (nSPS) is 13.4. The van der Waals surface area contributed by atoms with Crippen molar-refractivity contribution in [2.75, 3.05) is 0 Å². The Morgan fingerprint density at radius 1 is 1.00 bits per heavy atom. The lowest BCUT2D eigenvalue weighted by atomic mass is 10.1. The zero-order valence-corrected chi connectivity index (χ0v) is 6.48. The molecule has 0 aliphatic heterocycles. The summed E-state index contributed by atoms with van der Waals surface area (Å²) in [5, 5.41) is 0. The van der Waals surface area contributed by atoms with Gasteiger partial charge in [-0.05, 0) is 17.7 Å². The lowest BCUT2D eigenvalue weighted by molar-refractivity contribution is 0.116. The lowest BCUT2D eigenvalue weighted by Crippen LogP contribution is -2.19. The van der Waals surface area contributed by atoms with Gasteiger partial charge in [-0.1, -0.05) is 0 Å². The molecule has 72 valence electrons. The highest BCUT2D eigenvalue weighted by atomic mass is 19.3. The van der Waals surface area contributed by atoms with E-state index in [0.717, 1.165) is 12.1 Å². The standard InChI is InChI=1S/C8H7F4N/c9-5-1-4(2-6(10)3-5)7(13)8(11)12/h1-3,7-8H,13H2/t7-/m1/s1. The number of nitrogens with two attached hydrogens (primary N) is 1. The molecule has 0 fully saturated rings. The average Bonchev–Trinajstić information content (AvgIpc) is 2.01. The molecule has 0 aromatic heterocycles. The Morgan fingerprint density at radius 2 is 1.46 bits per heavy atom. The zero-order chi connectivity index (χ0) is 10.0. The molecule has 0 amide bonds. The molecule has 2 N–H and O–H groups in total. The number of hydrogen-bond donors (Lipinski definition) is 1. The Morgan fingerprint density at radius 3 is 1.85 bits per heavy atom. The van der Waals surface area contributed by atoms with Crippen molar-refractivity contribution < 1.29 is 17.6 Å². The summed E-state index contributed by atoms with van der Waals surface area (Å²) in [4.78, 5) is 0. The van der Waals surface area contributed by atoms with Crippen LogP contribution in [0.3, 0.4) is 0 Å². The number of alkyl halides is 2. The maximum absolute atomic E-state index is 12.5. The van der Waals surface area contributed by atoms with Crippen LogP contribution in [0.1, 0.15) is 11.6 Å². The lowest BCUT2D eigenvalue weighted by Gasteiger charge is -2.10. The summed E-state index contributed by atoms with van der Waals surface area (Å²) in [5.41, 5.74) is 4.75. The number of rotatable bonds is 2. The second-order valence-electron chi connectivity index (χ2n) is 2.56. The van der Waals surface area contributed by atoms with Crippen LogP contribution in [0.25, 0.3) is 0 Å². The summed E-state index contributed by atoms with van der Waals surface area (Å²) in [6, 6.07) is 0.534. The zero-order valence-electron chi connectivity index (χ0n) is 6.48. The number of benzene rings is 1. The third-order valence-corrected chi connectivity index (χ3v) is 1.54. The predicted octanol–water partition coefficient (Wildman–Crippen LogP) is 2.23. The first-order valence-corrected chi connectivity index (χ1v) is 3.50. The third kappa shape index (κ3) is 2.42. The first kappa shape index (κ1) is 9.98.